The molecule has 1 unspecified atom stereocenters. The van der Waals surface area contributed by atoms with Gasteiger partial charge >= 0.3 is 7.82 Å². The summed E-state index contributed by atoms with van der Waals surface area (Å²) in [5.74, 6) is 0.370. The van der Waals surface area contributed by atoms with Crippen molar-refractivity contribution in [1.82, 2.24) is 0 Å². The van der Waals surface area contributed by atoms with Gasteiger partial charge in [0, 0.05) is 10.1 Å². The summed E-state index contributed by atoms with van der Waals surface area (Å²) in [7, 11) is -4.59. The van der Waals surface area contributed by atoms with Crippen molar-refractivity contribution in [2.24, 2.45) is 0 Å². The molecular weight excluding hydrogens is 347 g/mol. The summed E-state index contributed by atoms with van der Waals surface area (Å²) in [5.41, 5.74) is 0. The summed E-state index contributed by atoms with van der Waals surface area (Å²) >= 11 is 0. The van der Waals surface area contributed by atoms with Gasteiger partial charge in [0.1, 0.15) is 6.10 Å². The van der Waals surface area contributed by atoms with E-state index in [1.54, 1.807) is 30.3 Å². The van der Waals surface area contributed by atoms with Gasteiger partial charge in [-0.3, -0.25) is 4.52 Å². The molecule has 0 radical (unpaired) electrons. The van der Waals surface area contributed by atoms with Crippen LogP contribution in [0.1, 0.15) is 32.6 Å². The molecule has 0 bridgehead atoms. The maximum atomic E-state index is 10.7. The van der Waals surface area contributed by atoms with Gasteiger partial charge in [0.05, 0.1) is 6.61 Å². The fourth-order valence-electron chi connectivity index (χ4n) is 1.58. The lowest BCUT2D eigenvalue weighted by molar-refractivity contribution is -0.748. The highest BCUT2D eigenvalue weighted by molar-refractivity contribution is 7.46. The SMILES string of the molecule is CCCCCC(COP(=O)(O)O)OOOOOOc1ccccc1. The summed E-state index contributed by atoms with van der Waals surface area (Å²) in [5, 5.41) is 16.7. The van der Waals surface area contributed by atoms with Gasteiger partial charge in [-0.1, -0.05) is 44.4 Å². The Kier molecular flexibility index (Phi) is 10.8. The molecule has 24 heavy (non-hydrogen) atoms. The number of para-hydroxylation sites is 1. The molecule has 0 aliphatic carbocycles. The summed E-state index contributed by atoms with van der Waals surface area (Å²) in [6.45, 7) is 1.64. The minimum Gasteiger partial charge on any atom is -0.306 e. The van der Waals surface area contributed by atoms with Gasteiger partial charge in [-0.25, -0.2) is 4.57 Å². The van der Waals surface area contributed by atoms with Crippen LogP contribution in [0.15, 0.2) is 30.3 Å². The topological polar surface area (TPSA) is 122 Å². The molecule has 10 nitrogen and oxygen atoms in total. The molecule has 2 N–H and O–H groups in total. The minimum atomic E-state index is -4.59. The zero-order valence-electron chi connectivity index (χ0n) is 13.1. The third-order valence-corrected chi connectivity index (χ3v) is 3.18. The van der Waals surface area contributed by atoms with Crippen molar-refractivity contribution in [2.45, 2.75) is 38.7 Å². The van der Waals surface area contributed by atoms with E-state index in [0.717, 1.165) is 19.3 Å². The lowest BCUT2D eigenvalue weighted by Gasteiger charge is -2.15. The molecule has 1 aromatic rings. The lowest BCUT2D eigenvalue weighted by atomic mass is 10.1. The number of phosphoric ester groups is 1. The first-order valence-corrected chi connectivity index (χ1v) is 8.79. The van der Waals surface area contributed by atoms with Crippen LogP contribution >= 0.6 is 7.82 Å². The van der Waals surface area contributed by atoms with E-state index in [4.69, 9.17) is 14.7 Å². The predicted molar refractivity (Wildman–Crippen MR) is 78.4 cm³/mol. The van der Waals surface area contributed by atoms with Crippen LogP contribution in [0.25, 0.3) is 0 Å². The largest absolute Gasteiger partial charge is 0.469 e. The average Bonchev–Trinajstić information content (AvgIpc) is 2.55. The zero-order chi connectivity index (χ0) is 17.7. The third-order valence-electron chi connectivity index (χ3n) is 2.69. The van der Waals surface area contributed by atoms with Crippen molar-refractivity contribution in [1.29, 1.82) is 0 Å². The van der Waals surface area contributed by atoms with Crippen LogP contribution in [0.4, 0.5) is 0 Å². The van der Waals surface area contributed by atoms with Gasteiger partial charge in [0.25, 0.3) is 0 Å². The van der Waals surface area contributed by atoms with Crippen LogP contribution in [0.2, 0.25) is 0 Å². The van der Waals surface area contributed by atoms with Crippen molar-refractivity contribution >= 4 is 7.82 Å². The van der Waals surface area contributed by atoms with Crippen LogP contribution in [0.5, 0.6) is 5.75 Å². The highest BCUT2D eigenvalue weighted by Crippen LogP contribution is 2.36. The van der Waals surface area contributed by atoms with E-state index < -0.39 is 13.9 Å². The van der Waals surface area contributed by atoms with Crippen molar-refractivity contribution in [3.8, 4) is 5.75 Å². The van der Waals surface area contributed by atoms with E-state index in [1.807, 2.05) is 6.92 Å². The Morgan fingerprint density at radius 3 is 2.42 bits per heavy atom. The van der Waals surface area contributed by atoms with Gasteiger partial charge < -0.3 is 14.7 Å². The van der Waals surface area contributed by atoms with Gasteiger partial charge in [-0.15, -0.1) is 0 Å². The second-order valence-corrected chi connectivity index (χ2v) is 5.91. The van der Waals surface area contributed by atoms with Crippen LogP contribution < -0.4 is 4.89 Å². The van der Waals surface area contributed by atoms with Gasteiger partial charge in [-0.05, 0) is 28.6 Å². The fourth-order valence-corrected chi connectivity index (χ4v) is 1.95. The molecule has 1 rings (SSSR count). The Bertz CT molecular complexity index is 465. The number of rotatable bonds is 14. The first-order valence-electron chi connectivity index (χ1n) is 7.26. The van der Waals surface area contributed by atoms with Crippen molar-refractivity contribution in [3.05, 3.63) is 30.3 Å². The fraction of sp³-hybridized carbons (Fsp3) is 0.538. The maximum Gasteiger partial charge on any atom is 0.469 e. The van der Waals surface area contributed by atoms with Crippen LogP contribution in [-0.4, -0.2) is 22.5 Å². The lowest BCUT2D eigenvalue weighted by Crippen LogP contribution is -2.20. The van der Waals surface area contributed by atoms with Crippen LogP contribution in [0, 0.1) is 0 Å². The molecule has 0 heterocycles. The maximum absolute atomic E-state index is 10.7. The predicted octanol–water partition coefficient (Wildman–Crippen LogP) is 2.78. The van der Waals surface area contributed by atoms with Crippen molar-refractivity contribution in [2.75, 3.05) is 6.61 Å². The Hall–Kier alpha value is -1.07. The molecule has 0 aliphatic rings. The Labute approximate surface area is 139 Å². The normalized spacial score (nSPS) is 13.0. The molecule has 0 amide bonds. The Balaban J connectivity index is 2.16. The van der Waals surface area contributed by atoms with Gasteiger partial charge in [0.2, 0.25) is 0 Å². The average molecular weight is 368 g/mol. The van der Waals surface area contributed by atoms with E-state index in [-0.39, 0.29) is 6.61 Å². The van der Waals surface area contributed by atoms with Gasteiger partial charge in [-0.2, -0.15) is 4.89 Å². The zero-order valence-corrected chi connectivity index (χ0v) is 14.0. The summed E-state index contributed by atoms with van der Waals surface area (Å²) in [6.07, 6.45) is 2.32. The Morgan fingerprint density at radius 2 is 1.75 bits per heavy atom. The van der Waals surface area contributed by atoms with Crippen LogP contribution in [0.3, 0.4) is 0 Å². The smallest absolute Gasteiger partial charge is 0.306 e. The molecule has 11 heteroatoms. The molecule has 0 saturated heterocycles. The summed E-state index contributed by atoms with van der Waals surface area (Å²) in [6, 6.07) is 8.47. The summed E-state index contributed by atoms with van der Waals surface area (Å²) < 4.78 is 15.1. The van der Waals surface area contributed by atoms with Gasteiger partial charge in [0.15, 0.2) is 5.75 Å². The summed E-state index contributed by atoms with van der Waals surface area (Å²) in [4.78, 5) is 26.8. The number of hydrogen-bond donors (Lipinski definition) is 2. The monoisotopic (exact) mass is 368 g/mol. The standard InChI is InChI=1S/C13H21O10P/c1-2-3-5-10-13(11-17-24(14,15)16)19-21-23-22-20-18-12-8-6-4-7-9-12/h4,6-9,13H,2-3,5,10-11H2,1H3,(H2,14,15,16). The molecule has 0 aliphatic heterocycles. The van der Waals surface area contributed by atoms with E-state index >= 15 is 0 Å². The first kappa shape index (κ1) is 21.0. The number of phosphoric acid groups is 1. The molecule has 0 aromatic heterocycles. The highest BCUT2D eigenvalue weighted by atomic mass is 31.2. The van der Waals surface area contributed by atoms with Crippen molar-refractivity contribution in [3.63, 3.8) is 0 Å². The second-order valence-electron chi connectivity index (χ2n) is 4.67. The second kappa shape index (κ2) is 12.3. The number of benzene rings is 1. The number of hydrogen-bond acceptors (Lipinski definition) is 8. The molecule has 0 spiro atoms. The van der Waals surface area contributed by atoms with E-state index in [9.17, 15) is 4.57 Å². The van der Waals surface area contributed by atoms with E-state index in [2.05, 4.69) is 29.6 Å². The molecule has 138 valence electrons. The minimum absolute atomic E-state index is 0.370. The molecule has 0 fully saturated rings. The van der Waals surface area contributed by atoms with E-state index in [0.29, 0.717) is 12.2 Å². The quantitative estimate of drug-likeness (QED) is 0.219. The Morgan fingerprint density at radius 1 is 1.04 bits per heavy atom. The number of unbranched alkanes of at least 4 members (excludes halogenated alkanes) is 2. The molecule has 1 aromatic carbocycles. The molecule has 1 atom stereocenters. The van der Waals surface area contributed by atoms with Crippen molar-refractivity contribution < 1.29 is 48.8 Å². The van der Waals surface area contributed by atoms with E-state index in [1.165, 1.54) is 0 Å². The molecule has 0 saturated carbocycles. The first-order chi connectivity index (χ1) is 11.5. The third kappa shape index (κ3) is 11.5. The molecular formula is C13H21O10P. The van der Waals surface area contributed by atoms with Crippen LogP contribution in [-0.2, 0) is 34.1 Å². The highest BCUT2D eigenvalue weighted by Gasteiger charge is 2.20.